The third-order valence-electron chi connectivity index (χ3n) is 1.01. The highest BCUT2D eigenvalue weighted by Gasteiger charge is 1.89. The lowest BCUT2D eigenvalue weighted by atomic mass is 10.3. The number of carbonyl (C=O) groups is 1. The SMILES string of the molecule is C=CC(=O)OC.CCCC(O)O.OCCO. The summed E-state index contributed by atoms with van der Waals surface area (Å²) in [4.78, 5) is 9.84. The lowest BCUT2D eigenvalue weighted by molar-refractivity contribution is -0.134. The molecule has 0 aliphatic heterocycles. The highest BCUT2D eigenvalue weighted by atomic mass is 16.5. The van der Waals surface area contributed by atoms with Crippen molar-refractivity contribution in [2.75, 3.05) is 20.3 Å². The van der Waals surface area contributed by atoms with E-state index >= 15 is 0 Å². The molecule has 16 heavy (non-hydrogen) atoms. The topological polar surface area (TPSA) is 107 Å². The van der Waals surface area contributed by atoms with Crippen LogP contribution in [0.25, 0.3) is 0 Å². The van der Waals surface area contributed by atoms with Crippen LogP contribution in [0.3, 0.4) is 0 Å². The third-order valence-corrected chi connectivity index (χ3v) is 1.01. The van der Waals surface area contributed by atoms with Crippen LogP contribution in [0.1, 0.15) is 19.8 Å². The summed E-state index contributed by atoms with van der Waals surface area (Å²) in [5.41, 5.74) is 0. The van der Waals surface area contributed by atoms with E-state index in [9.17, 15) is 4.79 Å². The molecule has 0 atom stereocenters. The van der Waals surface area contributed by atoms with Crippen molar-refractivity contribution in [3.8, 4) is 0 Å². The molecule has 0 saturated heterocycles. The maximum Gasteiger partial charge on any atom is 0.329 e. The first-order chi connectivity index (χ1) is 7.49. The summed E-state index contributed by atoms with van der Waals surface area (Å²) in [5.74, 6) is -0.394. The first-order valence-corrected chi connectivity index (χ1v) is 4.78. The van der Waals surface area contributed by atoms with E-state index in [0.717, 1.165) is 12.5 Å². The first kappa shape index (κ1) is 20.5. The Labute approximate surface area is 95.8 Å². The highest BCUT2D eigenvalue weighted by Crippen LogP contribution is 1.88. The van der Waals surface area contributed by atoms with Gasteiger partial charge in [0, 0.05) is 6.08 Å². The third kappa shape index (κ3) is 38.1. The summed E-state index contributed by atoms with van der Waals surface area (Å²) in [5, 5.41) is 31.5. The lowest BCUT2D eigenvalue weighted by Crippen LogP contribution is -2.01. The molecule has 0 unspecified atom stereocenters. The summed E-state index contributed by atoms with van der Waals surface area (Å²) in [6.07, 6.45) is 1.33. The van der Waals surface area contributed by atoms with E-state index in [2.05, 4.69) is 11.3 Å². The molecular formula is C10H22O6. The van der Waals surface area contributed by atoms with E-state index in [1.807, 2.05) is 6.92 Å². The number of esters is 1. The molecular weight excluding hydrogens is 216 g/mol. The number of methoxy groups -OCH3 is 1. The van der Waals surface area contributed by atoms with Crippen molar-refractivity contribution in [3.05, 3.63) is 12.7 Å². The fraction of sp³-hybridized carbons (Fsp3) is 0.700. The van der Waals surface area contributed by atoms with Crippen LogP contribution < -0.4 is 0 Å². The summed E-state index contributed by atoms with van der Waals surface area (Å²) in [6, 6.07) is 0. The molecule has 0 aromatic heterocycles. The molecule has 0 bridgehead atoms. The molecule has 4 N–H and O–H groups in total. The molecule has 0 aliphatic carbocycles. The van der Waals surface area contributed by atoms with Crippen molar-refractivity contribution in [2.24, 2.45) is 0 Å². The van der Waals surface area contributed by atoms with Crippen LogP contribution in [0.2, 0.25) is 0 Å². The Hall–Kier alpha value is -0.950. The lowest BCUT2D eigenvalue weighted by Gasteiger charge is -1.94. The van der Waals surface area contributed by atoms with E-state index in [4.69, 9.17) is 20.4 Å². The molecule has 0 rings (SSSR count). The zero-order valence-electron chi connectivity index (χ0n) is 9.80. The average Bonchev–Trinajstić information content (AvgIpc) is 2.29. The van der Waals surface area contributed by atoms with Crippen LogP contribution in [0.15, 0.2) is 12.7 Å². The molecule has 0 fully saturated rings. The van der Waals surface area contributed by atoms with E-state index < -0.39 is 12.3 Å². The van der Waals surface area contributed by atoms with Gasteiger partial charge in [-0.25, -0.2) is 4.79 Å². The molecule has 0 aromatic carbocycles. The molecule has 0 aliphatic rings. The van der Waals surface area contributed by atoms with Gasteiger partial charge in [-0.15, -0.1) is 0 Å². The summed E-state index contributed by atoms with van der Waals surface area (Å²) in [6.45, 7) is 4.81. The van der Waals surface area contributed by atoms with Crippen LogP contribution in [0.4, 0.5) is 0 Å². The molecule has 98 valence electrons. The van der Waals surface area contributed by atoms with Crippen molar-refractivity contribution >= 4 is 5.97 Å². The largest absolute Gasteiger partial charge is 0.466 e. The second-order valence-electron chi connectivity index (χ2n) is 2.44. The van der Waals surface area contributed by atoms with Gasteiger partial charge in [0.2, 0.25) is 0 Å². The Kier molecular flexibility index (Phi) is 25.1. The molecule has 6 nitrogen and oxygen atoms in total. The minimum absolute atomic E-state index is 0.125. The molecule has 0 heterocycles. The van der Waals surface area contributed by atoms with Gasteiger partial charge in [-0.1, -0.05) is 19.9 Å². The van der Waals surface area contributed by atoms with Crippen molar-refractivity contribution in [1.29, 1.82) is 0 Å². The molecule has 0 saturated carbocycles. The minimum Gasteiger partial charge on any atom is -0.466 e. The predicted molar refractivity (Wildman–Crippen MR) is 59.5 cm³/mol. The maximum absolute atomic E-state index is 9.84. The van der Waals surface area contributed by atoms with Gasteiger partial charge in [-0.05, 0) is 6.42 Å². The summed E-state index contributed by atoms with van der Waals surface area (Å²) in [7, 11) is 1.31. The number of carbonyl (C=O) groups excluding carboxylic acids is 1. The monoisotopic (exact) mass is 238 g/mol. The van der Waals surface area contributed by atoms with Gasteiger partial charge in [0.25, 0.3) is 0 Å². The van der Waals surface area contributed by atoms with E-state index in [1.54, 1.807) is 0 Å². The van der Waals surface area contributed by atoms with Gasteiger partial charge >= 0.3 is 5.97 Å². The normalized spacial score (nSPS) is 8.19. The average molecular weight is 238 g/mol. The fourth-order valence-corrected chi connectivity index (χ4v) is 0.342. The second-order valence-corrected chi connectivity index (χ2v) is 2.44. The predicted octanol–water partition coefficient (Wildman–Crippen LogP) is -0.586. The van der Waals surface area contributed by atoms with E-state index in [1.165, 1.54) is 7.11 Å². The van der Waals surface area contributed by atoms with Crippen LogP contribution in [-0.2, 0) is 9.53 Å². The fourth-order valence-electron chi connectivity index (χ4n) is 0.342. The number of hydrogen-bond acceptors (Lipinski definition) is 6. The Bertz CT molecular complexity index is 144. The van der Waals surface area contributed by atoms with Crippen molar-refractivity contribution in [2.45, 2.75) is 26.1 Å². The maximum atomic E-state index is 9.84. The van der Waals surface area contributed by atoms with E-state index in [0.29, 0.717) is 6.42 Å². The quantitative estimate of drug-likeness (QED) is 0.296. The Morgan fingerprint density at radius 2 is 1.81 bits per heavy atom. The summed E-state index contributed by atoms with van der Waals surface area (Å²) >= 11 is 0. The Morgan fingerprint density at radius 1 is 1.38 bits per heavy atom. The number of aliphatic hydroxyl groups is 4. The molecule has 0 amide bonds. The zero-order chi connectivity index (χ0) is 13.4. The van der Waals surface area contributed by atoms with E-state index in [-0.39, 0.29) is 13.2 Å². The van der Waals surface area contributed by atoms with Gasteiger partial charge in [-0.3, -0.25) is 0 Å². The highest BCUT2D eigenvalue weighted by molar-refractivity contribution is 5.80. The standard InChI is InChI=1S/C4H6O2.C4H10O2.C2H6O2/c1-3-4(5)6-2;1-2-3-4(5)6;3-1-2-4/h3H,1H2,2H3;4-6H,2-3H2,1H3;3-4H,1-2H2. The van der Waals surface area contributed by atoms with Gasteiger partial charge in [0.1, 0.15) is 0 Å². The molecule has 6 heteroatoms. The second kappa shape index (κ2) is 19.6. The number of ether oxygens (including phenoxy) is 1. The van der Waals surface area contributed by atoms with Gasteiger partial charge in [-0.2, -0.15) is 0 Å². The van der Waals surface area contributed by atoms with Gasteiger partial charge < -0.3 is 25.2 Å². The van der Waals surface area contributed by atoms with Crippen LogP contribution in [0, 0.1) is 0 Å². The number of rotatable bonds is 4. The Morgan fingerprint density at radius 3 is 1.81 bits per heavy atom. The molecule has 0 aromatic rings. The van der Waals surface area contributed by atoms with Gasteiger partial charge in [0.05, 0.1) is 20.3 Å². The molecule has 0 radical (unpaired) electrons. The van der Waals surface area contributed by atoms with Crippen LogP contribution in [0.5, 0.6) is 0 Å². The first-order valence-electron chi connectivity index (χ1n) is 4.78. The van der Waals surface area contributed by atoms with Crippen molar-refractivity contribution in [1.82, 2.24) is 0 Å². The number of hydrogen-bond donors (Lipinski definition) is 4. The molecule has 0 spiro atoms. The van der Waals surface area contributed by atoms with Crippen LogP contribution in [-0.4, -0.2) is 53.0 Å². The summed E-state index contributed by atoms with van der Waals surface area (Å²) < 4.78 is 4.14. The zero-order valence-corrected chi connectivity index (χ0v) is 9.80. The van der Waals surface area contributed by atoms with Crippen LogP contribution >= 0.6 is 0 Å². The Balaban J connectivity index is -0.000000162. The van der Waals surface area contributed by atoms with Crippen molar-refractivity contribution < 1.29 is 30.0 Å². The van der Waals surface area contributed by atoms with Crippen molar-refractivity contribution in [3.63, 3.8) is 0 Å². The smallest absolute Gasteiger partial charge is 0.329 e. The van der Waals surface area contributed by atoms with Gasteiger partial charge in [0.15, 0.2) is 6.29 Å². The minimum atomic E-state index is -1.10. The number of aliphatic hydroxyl groups excluding tert-OH is 3.